The summed E-state index contributed by atoms with van der Waals surface area (Å²) >= 11 is 0. The third-order valence-electron chi connectivity index (χ3n) is 3.34. The van der Waals surface area contributed by atoms with Crippen molar-refractivity contribution < 1.29 is 9.18 Å². The van der Waals surface area contributed by atoms with Gasteiger partial charge in [0, 0.05) is 12.2 Å². The molecule has 1 amide bonds. The second-order valence-electron chi connectivity index (χ2n) is 4.63. The second-order valence-corrected chi connectivity index (χ2v) is 4.63. The van der Waals surface area contributed by atoms with Crippen LogP contribution in [0, 0.1) is 5.82 Å². The number of hydrogen-bond donors (Lipinski definition) is 3. The summed E-state index contributed by atoms with van der Waals surface area (Å²) in [6.45, 7) is 1.66. The molecule has 0 bridgehead atoms. The highest BCUT2D eigenvalue weighted by Gasteiger charge is 2.38. The summed E-state index contributed by atoms with van der Waals surface area (Å²) in [5.41, 5.74) is 0.667. The van der Waals surface area contributed by atoms with Crippen LogP contribution in [0.3, 0.4) is 0 Å². The third kappa shape index (κ3) is 1.76. The molecule has 5 heteroatoms. The van der Waals surface area contributed by atoms with Crippen LogP contribution in [0.1, 0.15) is 23.2 Å². The number of hydrogen-bond acceptors (Lipinski definition) is 3. The van der Waals surface area contributed by atoms with E-state index in [4.69, 9.17) is 0 Å². The fourth-order valence-corrected chi connectivity index (χ4v) is 2.51. The first-order chi connectivity index (χ1) is 8.19. The summed E-state index contributed by atoms with van der Waals surface area (Å²) in [6, 6.07) is 4.26. The van der Waals surface area contributed by atoms with E-state index in [1.165, 1.54) is 12.1 Å². The van der Waals surface area contributed by atoms with Gasteiger partial charge in [0.25, 0.3) is 5.91 Å². The van der Waals surface area contributed by atoms with E-state index in [1.54, 1.807) is 6.07 Å². The van der Waals surface area contributed by atoms with E-state index in [0.29, 0.717) is 17.8 Å². The Hall–Kier alpha value is -1.62. The van der Waals surface area contributed by atoms with Gasteiger partial charge in [-0.25, -0.2) is 4.39 Å². The van der Waals surface area contributed by atoms with Crippen molar-refractivity contribution in [3.8, 4) is 0 Å². The lowest BCUT2D eigenvalue weighted by atomic mass is 9.95. The number of benzene rings is 1. The van der Waals surface area contributed by atoms with Crippen molar-refractivity contribution in [3.05, 3.63) is 29.6 Å². The van der Waals surface area contributed by atoms with Gasteiger partial charge in [-0.2, -0.15) is 0 Å². The van der Waals surface area contributed by atoms with Crippen LogP contribution in [0.4, 0.5) is 10.1 Å². The Morgan fingerprint density at radius 2 is 2.18 bits per heavy atom. The van der Waals surface area contributed by atoms with Crippen LogP contribution in [0.15, 0.2) is 18.2 Å². The largest absolute Gasteiger partial charge is 0.361 e. The van der Waals surface area contributed by atoms with Crippen LogP contribution >= 0.6 is 0 Å². The van der Waals surface area contributed by atoms with Gasteiger partial charge in [0.05, 0.1) is 5.56 Å². The molecular weight excluding hydrogens is 221 g/mol. The Morgan fingerprint density at radius 1 is 1.29 bits per heavy atom. The van der Waals surface area contributed by atoms with Gasteiger partial charge in [-0.1, -0.05) is 0 Å². The molecule has 90 valence electrons. The molecule has 0 saturated carbocycles. The van der Waals surface area contributed by atoms with E-state index in [-0.39, 0.29) is 5.91 Å². The molecule has 0 aliphatic carbocycles. The predicted octanol–water partition coefficient (Wildman–Crippen LogP) is 1.06. The van der Waals surface area contributed by atoms with Gasteiger partial charge < -0.3 is 16.0 Å². The van der Waals surface area contributed by atoms with E-state index < -0.39 is 11.5 Å². The van der Waals surface area contributed by atoms with Gasteiger partial charge in [-0.05, 0) is 37.6 Å². The molecule has 2 heterocycles. The van der Waals surface area contributed by atoms with Crippen molar-refractivity contribution in [1.29, 1.82) is 0 Å². The molecule has 0 radical (unpaired) electrons. The first-order valence-corrected chi connectivity index (χ1v) is 5.80. The van der Waals surface area contributed by atoms with Crippen LogP contribution in [-0.4, -0.2) is 24.7 Å². The minimum atomic E-state index is -0.417. The van der Waals surface area contributed by atoms with E-state index in [1.807, 2.05) is 0 Å². The lowest BCUT2D eigenvalue weighted by molar-refractivity contribution is 0.0884. The minimum absolute atomic E-state index is 0.207. The normalized spacial score (nSPS) is 27.2. The van der Waals surface area contributed by atoms with Gasteiger partial charge in [0.15, 0.2) is 0 Å². The predicted molar refractivity (Wildman–Crippen MR) is 62.3 cm³/mol. The molecule has 1 spiro atoms. The Kier molecular flexibility index (Phi) is 2.29. The standard InChI is InChI=1S/C12H14FN3O/c13-8-2-3-10-9(6-8)11(17)16-12(15-10)4-1-5-14-7-12/h2-3,6,14-15H,1,4-5,7H2,(H,16,17). The van der Waals surface area contributed by atoms with Crippen LogP contribution < -0.4 is 16.0 Å². The Balaban J connectivity index is 1.97. The molecule has 17 heavy (non-hydrogen) atoms. The number of piperidine rings is 1. The zero-order valence-corrected chi connectivity index (χ0v) is 9.35. The summed E-state index contributed by atoms with van der Waals surface area (Å²) in [7, 11) is 0. The van der Waals surface area contributed by atoms with Crippen molar-refractivity contribution in [3.63, 3.8) is 0 Å². The molecule has 1 atom stereocenters. The smallest absolute Gasteiger partial charge is 0.255 e. The Morgan fingerprint density at radius 3 is 2.94 bits per heavy atom. The number of nitrogens with one attached hydrogen (secondary N) is 3. The summed E-state index contributed by atoms with van der Waals surface area (Å²) in [5.74, 6) is -0.597. The Labute approximate surface area is 98.6 Å². The fourth-order valence-electron chi connectivity index (χ4n) is 2.51. The van der Waals surface area contributed by atoms with Crippen LogP contribution in [-0.2, 0) is 0 Å². The third-order valence-corrected chi connectivity index (χ3v) is 3.34. The molecule has 1 fully saturated rings. The number of amides is 1. The highest BCUT2D eigenvalue weighted by atomic mass is 19.1. The SMILES string of the molecule is O=C1NC2(CCCNC2)Nc2ccc(F)cc21. The molecular formula is C12H14FN3O. The van der Waals surface area contributed by atoms with Crippen LogP contribution in [0.2, 0.25) is 0 Å². The fraction of sp³-hybridized carbons (Fsp3) is 0.417. The number of anilines is 1. The van der Waals surface area contributed by atoms with E-state index in [9.17, 15) is 9.18 Å². The maximum absolute atomic E-state index is 13.1. The monoisotopic (exact) mass is 235 g/mol. The van der Waals surface area contributed by atoms with Crippen molar-refractivity contribution in [2.45, 2.75) is 18.5 Å². The highest BCUT2D eigenvalue weighted by molar-refractivity contribution is 6.02. The average molecular weight is 235 g/mol. The number of carbonyl (C=O) groups is 1. The minimum Gasteiger partial charge on any atom is -0.361 e. The molecule has 1 aromatic rings. The number of rotatable bonds is 0. The molecule has 1 saturated heterocycles. The van der Waals surface area contributed by atoms with Crippen molar-refractivity contribution in [2.24, 2.45) is 0 Å². The quantitative estimate of drug-likeness (QED) is 0.630. The molecule has 2 aliphatic rings. The summed E-state index contributed by atoms with van der Waals surface area (Å²) < 4.78 is 13.1. The summed E-state index contributed by atoms with van der Waals surface area (Å²) in [6.07, 6.45) is 1.88. The zero-order valence-electron chi connectivity index (χ0n) is 9.35. The number of fused-ring (bicyclic) bond motifs is 1. The molecule has 1 aromatic carbocycles. The van der Waals surface area contributed by atoms with Crippen molar-refractivity contribution in [1.82, 2.24) is 10.6 Å². The molecule has 0 aromatic heterocycles. The molecule has 4 nitrogen and oxygen atoms in total. The van der Waals surface area contributed by atoms with Gasteiger partial charge in [0.1, 0.15) is 11.5 Å². The van der Waals surface area contributed by atoms with E-state index in [0.717, 1.165) is 19.4 Å². The van der Waals surface area contributed by atoms with Gasteiger partial charge in [-0.3, -0.25) is 4.79 Å². The molecule has 1 unspecified atom stereocenters. The molecule has 3 N–H and O–H groups in total. The van der Waals surface area contributed by atoms with E-state index in [2.05, 4.69) is 16.0 Å². The topological polar surface area (TPSA) is 53.2 Å². The summed E-state index contributed by atoms with van der Waals surface area (Å²) in [5, 5.41) is 9.50. The first-order valence-electron chi connectivity index (χ1n) is 5.80. The van der Waals surface area contributed by atoms with Crippen molar-refractivity contribution in [2.75, 3.05) is 18.4 Å². The van der Waals surface area contributed by atoms with Gasteiger partial charge in [0.2, 0.25) is 0 Å². The van der Waals surface area contributed by atoms with E-state index >= 15 is 0 Å². The molecule has 3 rings (SSSR count). The lowest BCUT2D eigenvalue weighted by Crippen LogP contribution is -2.64. The second kappa shape index (κ2) is 3.70. The summed E-state index contributed by atoms with van der Waals surface area (Å²) in [4.78, 5) is 12.0. The van der Waals surface area contributed by atoms with Crippen LogP contribution in [0.5, 0.6) is 0 Å². The average Bonchev–Trinajstić information content (AvgIpc) is 2.31. The molecule has 2 aliphatic heterocycles. The van der Waals surface area contributed by atoms with Gasteiger partial charge in [-0.15, -0.1) is 0 Å². The lowest BCUT2D eigenvalue weighted by Gasteiger charge is -2.43. The first kappa shape index (κ1) is 10.5. The van der Waals surface area contributed by atoms with Gasteiger partial charge >= 0.3 is 0 Å². The maximum Gasteiger partial charge on any atom is 0.255 e. The number of halogens is 1. The maximum atomic E-state index is 13.1. The number of carbonyl (C=O) groups excluding carboxylic acids is 1. The van der Waals surface area contributed by atoms with Crippen molar-refractivity contribution >= 4 is 11.6 Å². The highest BCUT2D eigenvalue weighted by Crippen LogP contribution is 2.28. The Bertz CT molecular complexity index is 469. The van der Waals surface area contributed by atoms with Crippen LogP contribution in [0.25, 0.3) is 0 Å². The zero-order chi connectivity index (χ0) is 11.9.